The number of hydrogen-bond acceptors (Lipinski definition) is 6. The molecule has 0 saturated heterocycles. The monoisotopic (exact) mass is 429 g/mol. The molecule has 158 valence electrons. The van der Waals surface area contributed by atoms with Gasteiger partial charge in [-0.05, 0) is 35.4 Å². The van der Waals surface area contributed by atoms with Crippen LogP contribution in [0.2, 0.25) is 0 Å². The van der Waals surface area contributed by atoms with Crippen molar-refractivity contribution >= 4 is 26.8 Å². The van der Waals surface area contributed by atoms with Gasteiger partial charge >= 0.3 is 5.97 Å². The van der Waals surface area contributed by atoms with Gasteiger partial charge in [-0.1, -0.05) is 42.5 Å². The molecule has 0 bridgehead atoms. The quantitative estimate of drug-likeness (QED) is 0.552. The molecule has 8 heteroatoms. The van der Waals surface area contributed by atoms with E-state index in [1.165, 1.54) is 32.4 Å². The molecule has 0 aliphatic heterocycles. The lowest BCUT2D eigenvalue weighted by atomic mass is 9.99. The molecule has 0 fully saturated rings. The van der Waals surface area contributed by atoms with E-state index in [0.717, 1.165) is 10.8 Å². The van der Waals surface area contributed by atoms with Crippen molar-refractivity contribution in [3.63, 3.8) is 0 Å². The number of sulfonamides is 1. The van der Waals surface area contributed by atoms with Crippen LogP contribution in [0.3, 0.4) is 0 Å². The highest BCUT2D eigenvalue weighted by molar-refractivity contribution is 7.89. The Morgan fingerprint density at radius 1 is 0.967 bits per heavy atom. The average Bonchev–Trinajstić information content (AvgIpc) is 2.76. The Morgan fingerprint density at radius 2 is 1.67 bits per heavy atom. The third kappa shape index (κ3) is 4.39. The minimum Gasteiger partial charge on any atom is -0.493 e. The van der Waals surface area contributed by atoms with E-state index in [0.29, 0.717) is 11.3 Å². The highest BCUT2D eigenvalue weighted by Gasteiger charge is 2.30. The second-order valence-electron chi connectivity index (χ2n) is 6.39. The standard InChI is InChI=1S/C22H23NO6S/c1-4-29-22(24)21(18-11-7-9-15-8-5-6-10-17(15)18)23-30(25,26)16-12-13-19(27-2)20(14-16)28-3/h5-14,21,23H,4H2,1-3H3. The minimum atomic E-state index is -4.08. The van der Waals surface area contributed by atoms with Gasteiger partial charge in [-0.15, -0.1) is 0 Å². The van der Waals surface area contributed by atoms with Gasteiger partial charge in [0, 0.05) is 6.07 Å². The summed E-state index contributed by atoms with van der Waals surface area (Å²) in [7, 11) is -1.21. The number of hydrogen-bond donors (Lipinski definition) is 1. The molecule has 0 aliphatic rings. The molecule has 0 spiro atoms. The maximum absolute atomic E-state index is 13.1. The number of ether oxygens (including phenoxy) is 3. The second kappa shape index (κ2) is 9.15. The van der Waals surface area contributed by atoms with Crippen LogP contribution in [0.1, 0.15) is 18.5 Å². The molecule has 30 heavy (non-hydrogen) atoms. The Balaban J connectivity index is 2.06. The van der Waals surface area contributed by atoms with E-state index in [1.54, 1.807) is 19.1 Å². The van der Waals surface area contributed by atoms with E-state index in [2.05, 4.69) is 4.72 Å². The van der Waals surface area contributed by atoms with E-state index >= 15 is 0 Å². The largest absolute Gasteiger partial charge is 0.493 e. The summed E-state index contributed by atoms with van der Waals surface area (Å²) < 4.78 is 44.2. The zero-order valence-electron chi connectivity index (χ0n) is 16.9. The van der Waals surface area contributed by atoms with Crippen LogP contribution >= 0.6 is 0 Å². The summed E-state index contributed by atoms with van der Waals surface area (Å²) >= 11 is 0. The molecule has 1 atom stereocenters. The van der Waals surface area contributed by atoms with E-state index in [1.807, 2.05) is 30.3 Å². The van der Waals surface area contributed by atoms with Gasteiger partial charge in [0.2, 0.25) is 10.0 Å². The Kier molecular flexibility index (Phi) is 6.59. The fourth-order valence-electron chi connectivity index (χ4n) is 3.17. The van der Waals surface area contributed by atoms with Crippen molar-refractivity contribution in [2.24, 2.45) is 0 Å². The first-order valence-corrected chi connectivity index (χ1v) is 10.8. The predicted molar refractivity (Wildman–Crippen MR) is 113 cm³/mol. The molecule has 1 unspecified atom stereocenters. The predicted octanol–water partition coefficient (Wildman–Crippen LogP) is 3.44. The van der Waals surface area contributed by atoms with Crippen LogP contribution in [-0.2, 0) is 19.6 Å². The van der Waals surface area contributed by atoms with Gasteiger partial charge in [0.05, 0.1) is 25.7 Å². The molecule has 7 nitrogen and oxygen atoms in total. The highest BCUT2D eigenvalue weighted by Crippen LogP contribution is 2.31. The lowest BCUT2D eigenvalue weighted by molar-refractivity contribution is -0.145. The Hall–Kier alpha value is -3.10. The second-order valence-corrected chi connectivity index (χ2v) is 8.11. The van der Waals surface area contributed by atoms with Crippen molar-refractivity contribution < 1.29 is 27.4 Å². The van der Waals surface area contributed by atoms with Gasteiger partial charge in [-0.25, -0.2) is 13.2 Å². The molecule has 0 saturated carbocycles. The van der Waals surface area contributed by atoms with E-state index in [4.69, 9.17) is 14.2 Å². The smallest absolute Gasteiger partial charge is 0.328 e. The lowest BCUT2D eigenvalue weighted by Gasteiger charge is -2.20. The molecule has 3 aromatic carbocycles. The van der Waals surface area contributed by atoms with Crippen molar-refractivity contribution in [1.82, 2.24) is 4.72 Å². The molecule has 0 aromatic heterocycles. The van der Waals surface area contributed by atoms with Crippen LogP contribution in [0.4, 0.5) is 0 Å². The third-order valence-corrected chi connectivity index (χ3v) is 6.02. The van der Waals surface area contributed by atoms with Gasteiger partial charge in [0.1, 0.15) is 6.04 Å². The van der Waals surface area contributed by atoms with Crippen molar-refractivity contribution in [2.45, 2.75) is 17.9 Å². The summed E-state index contributed by atoms with van der Waals surface area (Å²) in [6, 6.07) is 15.8. The summed E-state index contributed by atoms with van der Waals surface area (Å²) in [5.41, 5.74) is 0.510. The molecule has 0 amide bonds. The minimum absolute atomic E-state index is 0.0605. The van der Waals surface area contributed by atoms with Crippen LogP contribution < -0.4 is 14.2 Å². The van der Waals surface area contributed by atoms with Crippen LogP contribution in [0, 0.1) is 0 Å². The van der Waals surface area contributed by atoms with Crippen LogP contribution in [0.15, 0.2) is 65.6 Å². The number of carbonyl (C=O) groups is 1. The average molecular weight is 429 g/mol. The van der Waals surface area contributed by atoms with Gasteiger partial charge < -0.3 is 14.2 Å². The number of fused-ring (bicyclic) bond motifs is 1. The highest BCUT2D eigenvalue weighted by atomic mass is 32.2. The van der Waals surface area contributed by atoms with Gasteiger partial charge in [0.15, 0.2) is 11.5 Å². The molecule has 0 radical (unpaired) electrons. The molecule has 0 heterocycles. The molecular weight excluding hydrogens is 406 g/mol. The molecule has 3 rings (SSSR count). The zero-order valence-corrected chi connectivity index (χ0v) is 17.7. The topological polar surface area (TPSA) is 90.9 Å². The number of carbonyl (C=O) groups excluding carboxylic acids is 1. The first-order valence-electron chi connectivity index (χ1n) is 9.30. The van der Waals surface area contributed by atoms with Gasteiger partial charge in [-0.3, -0.25) is 0 Å². The Labute approximate surface area is 175 Å². The number of esters is 1. The maximum atomic E-state index is 13.1. The van der Waals surface area contributed by atoms with Gasteiger partial charge in [-0.2, -0.15) is 4.72 Å². The SMILES string of the molecule is CCOC(=O)C(NS(=O)(=O)c1ccc(OC)c(OC)c1)c1cccc2ccccc12. The Bertz CT molecular complexity index is 1150. The van der Waals surface area contributed by atoms with Crippen LogP contribution in [0.25, 0.3) is 10.8 Å². The number of rotatable bonds is 8. The number of methoxy groups -OCH3 is 2. The fourth-order valence-corrected chi connectivity index (χ4v) is 4.35. The van der Waals surface area contributed by atoms with E-state index in [-0.39, 0.29) is 17.3 Å². The first kappa shape index (κ1) is 21.6. The normalized spacial score (nSPS) is 12.4. The number of benzene rings is 3. The zero-order chi connectivity index (χ0) is 21.7. The molecular formula is C22H23NO6S. The Morgan fingerprint density at radius 3 is 2.37 bits per heavy atom. The summed E-state index contributed by atoms with van der Waals surface area (Å²) in [5.74, 6) is -0.0245. The van der Waals surface area contributed by atoms with Crippen molar-refractivity contribution in [2.75, 3.05) is 20.8 Å². The fraction of sp³-hybridized carbons (Fsp3) is 0.227. The molecule has 3 aromatic rings. The van der Waals surface area contributed by atoms with E-state index < -0.39 is 22.0 Å². The lowest BCUT2D eigenvalue weighted by Crippen LogP contribution is -2.35. The van der Waals surface area contributed by atoms with Crippen LogP contribution in [-0.4, -0.2) is 35.2 Å². The summed E-state index contributed by atoms with van der Waals surface area (Å²) in [6.07, 6.45) is 0. The van der Waals surface area contributed by atoms with E-state index in [9.17, 15) is 13.2 Å². The first-order chi connectivity index (χ1) is 14.4. The van der Waals surface area contributed by atoms with Crippen LogP contribution in [0.5, 0.6) is 11.5 Å². The molecule has 0 aliphatic carbocycles. The molecule has 1 N–H and O–H groups in total. The van der Waals surface area contributed by atoms with Crippen molar-refractivity contribution in [1.29, 1.82) is 0 Å². The third-order valence-electron chi connectivity index (χ3n) is 4.59. The maximum Gasteiger partial charge on any atom is 0.328 e. The van der Waals surface area contributed by atoms with Crippen molar-refractivity contribution in [3.05, 3.63) is 66.2 Å². The van der Waals surface area contributed by atoms with Crippen molar-refractivity contribution in [3.8, 4) is 11.5 Å². The summed E-state index contributed by atoms with van der Waals surface area (Å²) in [4.78, 5) is 12.7. The summed E-state index contributed by atoms with van der Waals surface area (Å²) in [5, 5.41) is 1.64. The summed E-state index contributed by atoms with van der Waals surface area (Å²) in [6.45, 7) is 1.79. The number of nitrogens with one attached hydrogen (secondary N) is 1. The van der Waals surface area contributed by atoms with Gasteiger partial charge in [0.25, 0.3) is 0 Å².